The van der Waals surface area contributed by atoms with Crippen molar-refractivity contribution in [3.63, 3.8) is 0 Å². The summed E-state index contributed by atoms with van der Waals surface area (Å²) in [6.45, 7) is 11.7. The largest absolute Gasteiger partial charge is 0.444 e. The Morgan fingerprint density at radius 3 is 2.71 bits per heavy atom. The fourth-order valence-electron chi connectivity index (χ4n) is 5.39. The average Bonchev–Trinajstić information content (AvgIpc) is 3.21. The molecule has 188 valence electrons. The van der Waals surface area contributed by atoms with E-state index in [9.17, 15) is 4.79 Å². The number of ether oxygens (including phenoxy) is 1. The number of nitrogens with zero attached hydrogens (tertiary/aromatic N) is 4. The fraction of sp³-hybridized carbons (Fsp3) is 0.556. The molecule has 1 aromatic heterocycles. The van der Waals surface area contributed by atoms with Gasteiger partial charge in [0, 0.05) is 47.7 Å². The Morgan fingerprint density at radius 2 is 1.91 bits per heavy atom. The highest BCUT2D eigenvalue weighted by atomic mass is 35.5. The zero-order chi connectivity index (χ0) is 24.6. The number of anilines is 2. The SMILES string of the molecule is CC(C)(C)OC(=O)N1CC2(CCN(CCCCCN3c4cc(Cl)ccc4Sc4cccnc43)C2)C1. The van der Waals surface area contributed by atoms with Crippen LogP contribution in [-0.2, 0) is 4.74 Å². The number of benzene rings is 1. The van der Waals surface area contributed by atoms with E-state index in [0.717, 1.165) is 62.2 Å². The molecular formula is C27H35ClN4O2S. The fourth-order valence-corrected chi connectivity index (χ4v) is 6.60. The topological polar surface area (TPSA) is 48.9 Å². The van der Waals surface area contributed by atoms with Gasteiger partial charge in [0.1, 0.15) is 11.4 Å². The first kappa shape index (κ1) is 24.7. The van der Waals surface area contributed by atoms with E-state index in [4.69, 9.17) is 16.3 Å². The van der Waals surface area contributed by atoms with E-state index in [2.05, 4.69) is 33.0 Å². The number of halogens is 1. The molecular weight excluding hydrogens is 480 g/mol. The monoisotopic (exact) mass is 514 g/mol. The Bertz CT molecular complexity index is 1080. The van der Waals surface area contributed by atoms with Crippen LogP contribution >= 0.6 is 23.4 Å². The number of hydrogen-bond donors (Lipinski definition) is 0. The highest BCUT2D eigenvalue weighted by Crippen LogP contribution is 2.48. The summed E-state index contributed by atoms with van der Waals surface area (Å²) in [6.07, 6.45) is 6.35. The molecule has 1 amide bonds. The minimum Gasteiger partial charge on any atom is -0.444 e. The third kappa shape index (κ3) is 5.57. The number of hydrogen-bond acceptors (Lipinski definition) is 6. The smallest absolute Gasteiger partial charge is 0.410 e. The molecule has 0 atom stereocenters. The van der Waals surface area contributed by atoms with Gasteiger partial charge >= 0.3 is 6.09 Å². The lowest BCUT2D eigenvalue weighted by Gasteiger charge is -2.48. The van der Waals surface area contributed by atoms with Crippen molar-refractivity contribution in [1.82, 2.24) is 14.8 Å². The summed E-state index contributed by atoms with van der Waals surface area (Å²) < 4.78 is 5.52. The van der Waals surface area contributed by atoms with Gasteiger partial charge in [-0.05, 0) is 83.5 Å². The normalized spacial score (nSPS) is 18.9. The number of likely N-dealkylation sites (tertiary alicyclic amines) is 2. The molecule has 5 rings (SSSR count). The molecule has 0 N–H and O–H groups in total. The molecule has 0 aliphatic carbocycles. The molecule has 35 heavy (non-hydrogen) atoms. The maximum Gasteiger partial charge on any atom is 0.410 e. The first-order valence-electron chi connectivity index (χ1n) is 12.6. The number of pyridine rings is 1. The summed E-state index contributed by atoms with van der Waals surface area (Å²) >= 11 is 8.09. The van der Waals surface area contributed by atoms with Crippen LogP contribution in [0, 0.1) is 5.41 Å². The molecule has 0 bridgehead atoms. The minimum atomic E-state index is -0.430. The van der Waals surface area contributed by atoms with Gasteiger partial charge in [-0.3, -0.25) is 0 Å². The second-order valence-corrected chi connectivity index (χ2v) is 12.6. The van der Waals surface area contributed by atoms with Gasteiger partial charge in [0.2, 0.25) is 0 Å². The van der Waals surface area contributed by atoms with Crippen LogP contribution in [-0.4, -0.2) is 65.7 Å². The van der Waals surface area contributed by atoms with Crippen molar-refractivity contribution in [2.45, 2.75) is 61.8 Å². The van der Waals surface area contributed by atoms with Crippen LogP contribution in [0.2, 0.25) is 5.02 Å². The van der Waals surface area contributed by atoms with Crippen LogP contribution in [0.25, 0.3) is 0 Å². The van der Waals surface area contributed by atoms with Crippen molar-refractivity contribution >= 4 is 41.0 Å². The molecule has 4 heterocycles. The molecule has 0 radical (unpaired) electrons. The summed E-state index contributed by atoms with van der Waals surface area (Å²) in [4.78, 5) is 26.2. The summed E-state index contributed by atoms with van der Waals surface area (Å²) in [6, 6.07) is 10.3. The highest BCUT2D eigenvalue weighted by molar-refractivity contribution is 7.99. The van der Waals surface area contributed by atoms with Gasteiger partial charge in [-0.15, -0.1) is 0 Å². The van der Waals surface area contributed by atoms with Gasteiger partial charge in [-0.1, -0.05) is 29.8 Å². The van der Waals surface area contributed by atoms with Crippen LogP contribution in [0.15, 0.2) is 46.3 Å². The Morgan fingerprint density at radius 1 is 1.11 bits per heavy atom. The lowest BCUT2D eigenvalue weighted by atomic mass is 9.79. The zero-order valence-electron chi connectivity index (χ0n) is 20.9. The van der Waals surface area contributed by atoms with Crippen molar-refractivity contribution in [2.75, 3.05) is 44.2 Å². The van der Waals surface area contributed by atoms with Crippen molar-refractivity contribution in [3.8, 4) is 0 Å². The molecule has 1 aromatic carbocycles. The number of carbonyl (C=O) groups excluding carboxylic acids is 1. The first-order chi connectivity index (χ1) is 16.7. The van der Waals surface area contributed by atoms with E-state index in [-0.39, 0.29) is 11.5 Å². The Kier molecular flexibility index (Phi) is 6.94. The predicted molar refractivity (Wildman–Crippen MR) is 142 cm³/mol. The second-order valence-electron chi connectivity index (χ2n) is 11.1. The quantitative estimate of drug-likeness (QED) is 0.413. The molecule has 0 unspecified atom stereocenters. The Hall–Kier alpha value is -1.96. The molecule has 0 saturated carbocycles. The minimum absolute atomic E-state index is 0.170. The first-order valence-corrected chi connectivity index (χ1v) is 13.8. The number of unbranched alkanes of at least 4 members (excludes halogenated alkanes) is 2. The number of amides is 1. The van der Waals surface area contributed by atoms with Crippen molar-refractivity contribution in [3.05, 3.63) is 41.6 Å². The van der Waals surface area contributed by atoms with E-state index in [1.807, 2.05) is 44.0 Å². The number of fused-ring (bicyclic) bond motifs is 2. The van der Waals surface area contributed by atoms with E-state index >= 15 is 0 Å². The Balaban J connectivity index is 1.07. The van der Waals surface area contributed by atoms with Gasteiger partial charge in [0.05, 0.1) is 10.6 Å². The zero-order valence-corrected chi connectivity index (χ0v) is 22.5. The number of carbonyl (C=O) groups is 1. The molecule has 1 spiro atoms. The predicted octanol–water partition coefficient (Wildman–Crippen LogP) is 6.45. The van der Waals surface area contributed by atoms with Gasteiger partial charge in [0.25, 0.3) is 0 Å². The maximum atomic E-state index is 12.3. The van der Waals surface area contributed by atoms with Gasteiger partial charge in [-0.2, -0.15) is 0 Å². The lowest BCUT2D eigenvalue weighted by Crippen LogP contribution is -2.60. The van der Waals surface area contributed by atoms with Crippen molar-refractivity contribution < 1.29 is 9.53 Å². The van der Waals surface area contributed by atoms with Crippen LogP contribution in [0.3, 0.4) is 0 Å². The van der Waals surface area contributed by atoms with E-state index in [1.54, 1.807) is 11.8 Å². The number of rotatable bonds is 6. The van der Waals surface area contributed by atoms with E-state index in [0.29, 0.717) is 0 Å². The maximum absolute atomic E-state index is 12.3. The van der Waals surface area contributed by atoms with Gasteiger partial charge < -0.3 is 19.4 Å². The summed E-state index contributed by atoms with van der Waals surface area (Å²) in [5.74, 6) is 1.04. The van der Waals surface area contributed by atoms with Crippen LogP contribution in [0.1, 0.15) is 46.5 Å². The Labute approximate surface area is 218 Å². The summed E-state index contributed by atoms with van der Waals surface area (Å²) in [5, 5.41) is 0.762. The molecule has 2 aromatic rings. The average molecular weight is 515 g/mol. The number of aromatic nitrogens is 1. The van der Waals surface area contributed by atoms with Crippen LogP contribution < -0.4 is 4.90 Å². The third-order valence-electron chi connectivity index (χ3n) is 7.02. The molecule has 6 nitrogen and oxygen atoms in total. The molecule has 3 aliphatic heterocycles. The van der Waals surface area contributed by atoms with Crippen molar-refractivity contribution in [2.24, 2.45) is 5.41 Å². The summed E-state index contributed by atoms with van der Waals surface area (Å²) in [7, 11) is 0. The molecule has 3 aliphatic rings. The van der Waals surface area contributed by atoms with Crippen LogP contribution in [0.4, 0.5) is 16.3 Å². The second kappa shape index (κ2) is 9.83. The van der Waals surface area contributed by atoms with E-state index < -0.39 is 5.60 Å². The summed E-state index contributed by atoms with van der Waals surface area (Å²) in [5.41, 5.74) is 1.01. The highest BCUT2D eigenvalue weighted by Gasteiger charge is 2.49. The van der Waals surface area contributed by atoms with Gasteiger partial charge in [0.15, 0.2) is 0 Å². The third-order valence-corrected chi connectivity index (χ3v) is 8.35. The molecule has 2 saturated heterocycles. The molecule has 2 fully saturated rings. The van der Waals surface area contributed by atoms with E-state index in [1.165, 1.54) is 29.1 Å². The molecule has 8 heteroatoms. The van der Waals surface area contributed by atoms with Gasteiger partial charge in [-0.25, -0.2) is 9.78 Å². The van der Waals surface area contributed by atoms with Crippen LogP contribution in [0.5, 0.6) is 0 Å². The standard InChI is InChI=1S/C27H35ClN4O2S/c1-26(2,3)34-25(33)31-18-27(19-31)11-15-30(17-27)13-5-4-6-14-32-21-16-20(28)9-10-22(21)35-23-8-7-12-29-24(23)32/h7-10,12,16H,4-6,11,13-15,17-19H2,1-3H3. The van der Waals surface area contributed by atoms with Crippen molar-refractivity contribution in [1.29, 1.82) is 0 Å². The lowest BCUT2D eigenvalue weighted by molar-refractivity contribution is -0.0304.